The Bertz CT molecular complexity index is 610. The number of halogens is 1. The molecule has 0 aliphatic carbocycles. The zero-order chi connectivity index (χ0) is 19.9. The van der Waals surface area contributed by atoms with Gasteiger partial charge in [0.15, 0.2) is 5.96 Å². The first-order chi connectivity index (χ1) is 12.8. The van der Waals surface area contributed by atoms with Gasteiger partial charge in [-0.1, -0.05) is 6.92 Å². The second-order valence-corrected chi connectivity index (χ2v) is 8.20. The summed E-state index contributed by atoms with van der Waals surface area (Å²) in [6, 6.07) is 2.12. The van der Waals surface area contributed by atoms with Crippen LogP contribution in [-0.2, 0) is 11.3 Å². The Hall–Kier alpha value is -0.870. The van der Waals surface area contributed by atoms with E-state index in [0.29, 0.717) is 5.92 Å². The molecule has 1 unspecified atom stereocenters. The molecule has 1 aliphatic heterocycles. The van der Waals surface area contributed by atoms with Crippen molar-refractivity contribution in [1.29, 1.82) is 0 Å². The van der Waals surface area contributed by atoms with E-state index in [2.05, 4.69) is 66.0 Å². The molecule has 162 valence electrons. The molecule has 0 aromatic carbocycles. The van der Waals surface area contributed by atoms with Crippen LogP contribution >= 0.6 is 24.0 Å². The van der Waals surface area contributed by atoms with Gasteiger partial charge in [0.05, 0.1) is 25.5 Å². The molecule has 1 aliphatic rings. The number of hydrogen-bond donors (Lipinski definition) is 2. The maximum absolute atomic E-state index is 5.47. The molecule has 1 atom stereocenters. The standard InChI is InChI=1S/C20H38N6O.HI/c1-7-21-19(23-15-20(5,6)25-8-10-27-11-9-25)22-13-16(2)14-26-18(4)12-17(3)24-26;/h12,16H,7-11,13-15H2,1-6H3,(H2,21,22,23);1H. The van der Waals surface area contributed by atoms with Gasteiger partial charge in [0.2, 0.25) is 0 Å². The van der Waals surface area contributed by atoms with Crippen LogP contribution in [0.15, 0.2) is 11.1 Å². The van der Waals surface area contributed by atoms with Crippen molar-refractivity contribution in [3.05, 3.63) is 17.5 Å². The maximum Gasteiger partial charge on any atom is 0.191 e. The van der Waals surface area contributed by atoms with Crippen LogP contribution in [0.3, 0.4) is 0 Å². The van der Waals surface area contributed by atoms with E-state index < -0.39 is 0 Å². The predicted molar refractivity (Wildman–Crippen MR) is 127 cm³/mol. The smallest absolute Gasteiger partial charge is 0.191 e. The molecule has 0 saturated carbocycles. The molecule has 28 heavy (non-hydrogen) atoms. The third-order valence-corrected chi connectivity index (χ3v) is 5.04. The van der Waals surface area contributed by atoms with Gasteiger partial charge in [0.25, 0.3) is 0 Å². The van der Waals surface area contributed by atoms with E-state index in [1.807, 2.05) is 6.92 Å². The second-order valence-electron chi connectivity index (χ2n) is 8.20. The molecule has 2 rings (SSSR count). The van der Waals surface area contributed by atoms with Gasteiger partial charge in [-0.25, -0.2) is 0 Å². The largest absolute Gasteiger partial charge is 0.379 e. The normalized spacial score (nSPS) is 17.1. The second kappa shape index (κ2) is 12.0. The third-order valence-electron chi connectivity index (χ3n) is 5.04. The lowest BCUT2D eigenvalue weighted by Crippen LogP contribution is -2.52. The molecule has 0 amide bonds. The molecule has 1 aromatic heterocycles. The molecule has 2 heterocycles. The first kappa shape index (κ1) is 25.2. The van der Waals surface area contributed by atoms with Crippen molar-refractivity contribution in [3.8, 4) is 0 Å². The van der Waals surface area contributed by atoms with Crippen molar-refractivity contribution < 1.29 is 4.74 Å². The highest BCUT2D eigenvalue weighted by Gasteiger charge is 2.28. The number of nitrogens with one attached hydrogen (secondary N) is 2. The molecule has 1 saturated heterocycles. The van der Waals surface area contributed by atoms with Gasteiger partial charge in [0.1, 0.15) is 0 Å². The molecular formula is C20H39IN6O. The number of hydrogen-bond acceptors (Lipinski definition) is 4. The Balaban J connectivity index is 0.00000392. The van der Waals surface area contributed by atoms with E-state index in [4.69, 9.17) is 9.73 Å². The summed E-state index contributed by atoms with van der Waals surface area (Å²) in [5.74, 6) is 1.35. The van der Waals surface area contributed by atoms with E-state index >= 15 is 0 Å². The summed E-state index contributed by atoms with van der Waals surface area (Å²) in [7, 11) is 0. The third kappa shape index (κ3) is 7.87. The SMILES string of the molecule is CCNC(=NCC(C)(C)N1CCOCC1)NCC(C)Cn1nc(C)cc1C.I. The number of nitrogens with zero attached hydrogens (tertiary/aromatic N) is 4. The maximum atomic E-state index is 5.47. The van der Waals surface area contributed by atoms with Crippen LogP contribution in [-0.4, -0.2) is 72.1 Å². The van der Waals surface area contributed by atoms with E-state index in [1.165, 1.54) is 5.69 Å². The Morgan fingerprint density at radius 1 is 1.29 bits per heavy atom. The number of ether oxygens (including phenoxy) is 1. The molecule has 7 nitrogen and oxygen atoms in total. The summed E-state index contributed by atoms with van der Waals surface area (Å²) in [4.78, 5) is 7.32. The van der Waals surface area contributed by atoms with Gasteiger partial charge in [-0.05, 0) is 46.6 Å². The minimum Gasteiger partial charge on any atom is -0.379 e. The quantitative estimate of drug-likeness (QED) is 0.322. The van der Waals surface area contributed by atoms with E-state index in [-0.39, 0.29) is 29.5 Å². The highest BCUT2D eigenvalue weighted by atomic mass is 127. The summed E-state index contributed by atoms with van der Waals surface area (Å²) in [5, 5.41) is 11.4. The molecule has 8 heteroatoms. The van der Waals surface area contributed by atoms with Gasteiger partial charge in [0, 0.05) is 44.0 Å². The average Bonchev–Trinajstić information content (AvgIpc) is 2.95. The first-order valence-electron chi connectivity index (χ1n) is 10.2. The Morgan fingerprint density at radius 2 is 1.96 bits per heavy atom. The van der Waals surface area contributed by atoms with Crippen LogP contribution in [0.1, 0.15) is 39.1 Å². The Morgan fingerprint density at radius 3 is 2.54 bits per heavy atom. The van der Waals surface area contributed by atoms with Crippen molar-refractivity contribution >= 4 is 29.9 Å². The number of guanidine groups is 1. The number of rotatable bonds is 8. The number of aromatic nitrogens is 2. The Labute approximate surface area is 187 Å². The molecule has 0 spiro atoms. The van der Waals surface area contributed by atoms with E-state index in [0.717, 1.165) is 64.1 Å². The lowest BCUT2D eigenvalue weighted by Gasteiger charge is -2.39. The molecule has 0 bridgehead atoms. The van der Waals surface area contributed by atoms with Crippen LogP contribution < -0.4 is 10.6 Å². The molecule has 2 N–H and O–H groups in total. The van der Waals surface area contributed by atoms with Crippen LogP contribution in [0, 0.1) is 19.8 Å². The summed E-state index contributed by atoms with van der Waals surface area (Å²) in [6.45, 7) is 20.0. The van der Waals surface area contributed by atoms with Crippen LogP contribution in [0.25, 0.3) is 0 Å². The van der Waals surface area contributed by atoms with Crippen LogP contribution in [0.5, 0.6) is 0 Å². The van der Waals surface area contributed by atoms with Gasteiger partial charge in [-0.3, -0.25) is 14.6 Å². The van der Waals surface area contributed by atoms with Crippen molar-refractivity contribution in [2.75, 3.05) is 45.9 Å². The number of aliphatic imine (C=N–C) groups is 1. The number of aryl methyl sites for hydroxylation is 2. The topological polar surface area (TPSA) is 66.7 Å². The lowest BCUT2D eigenvalue weighted by atomic mass is 10.0. The highest BCUT2D eigenvalue weighted by molar-refractivity contribution is 14.0. The summed E-state index contributed by atoms with van der Waals surface area (Å²) >= 11 is 0. The van der Waals surface area contributed by atoms with Gasteiger partial charge >= 0.3 is 0 Å². The fourth-order valence-electron chi connectivity index (χ4n) is 3.37. The summed E-state index contributed by atoms with van der Waals surface area (Å²) < 4.78 is 7.56. The monoisotopic (exact) mass is 506 g/mol. The summed E-state index contributed by atoms with van der Waals surface area (Å²) in [5.41, 5.74) is 2.32. The number of morpholine rings is 1. The van der Waals surface area contributed by atoms with Crippen LogP contribution in [0.4, 0.5) is 0 Å². The zero-order valence-electron chi connectivity index (χ0n) is 18.4. The zero-order valence-corrected chi connectivity index (χ0v) is 20.7. The molecule has 1 fully saturated rings. The molecule has 1 aromatic rings. The van der Waals surface area contributed by atoms with Crippen molar-refractivity contribution in [3.63, 3.8) is 0 Å². The van der Waals surface area contributed by atoms with Gasteiger partial charge < -0.3 is 15.4 Å². The van der Waals surface area contributed by atoms with Crippen LogP contribution in [0.2, 0.25) is 0 Å². The van der Waals surface area contributed by atoms with Crippen molar-refractivity contribution in [2.45, 2.75) is 53.6 Å². The fraction of sp³-hybridized carbons (Fsp3) is 0.800. The minimum absolute atomic E-state index is 0. The fourth-order valence-corrected chi connectivity index (χ4v) is 3.37. The van der Waals surface area contributed by atoms with E-state index in [9.17, 15) is 0 Å². The van der Waals surface area contributed by atoms with Crippen molar-refractivity contribution in [2.24, 2.45) is 10.9 Å². The minimum atomic E-state index is 0. The van der Waals surface area contributed by atoms with Gasteiger partial charge in [-0.15, -0.1) is 24.0 Å². The lowest BCUT2D eigenvalue weighted by molar-refractivity contribution is -0.00683. The van der Waals surface area contributed by atoms with E-state index in [1.54, 1.807) is 0 Å². The van der Waals surface area contributed by atoms with Gasteiger partial charge in [-0.2, -0.15) is 5.10 Å². The summed E-state index contributed by atoms with van der Waals surface area (Å²) in [6.07, 6.45) is 0. The molecule has 0 radical (unpaired) electrons. The molecular weight excluding hydrogens is 467 g/mol. The highest BCUT2D eigenvalue weighted by Crippen LogP contribution is 2.16. The average molecular weight is 506 g/mol. The first-order valence-corrected chi connectivity index (χ1v) is 10.2. The van der Waals surface area contributed by atoms with Crippen molar-refractivity contribution in [1.82, 2.24) is 25.3 Å². The Kier molecular flexibility index (Phi) is 10.8. The predicted octanol–water partition coefficient (Wildman–Crippen LogP) is 2.42.